The van der Waals surface area contributed by atoms with Gasteiger partial charge in [-0.1, -0.05) is 60.7 Å². The predicted octanol–water partition coefficient (Wildman–Crippen LogP) is 3.68. The fourth-order valence-electron chi connectivity index (χ4n) is 8.81. The minimum atomic E-state index is -0.666. The summed E-state index contributed by atoms with van der Waals surface area (Å²) >= 11 is 0. The first-order chi connectivity index (χ1) is 29.2. The van der Waals surface area contributed by atoms with Gasteiger partial charge in [0.25, 0.3) is 11.8 Å². The van der Waals surface area contributed by atoms with Crippen molar-refractivity contribution in [1.29, 1.82) is 0 Å². The van der Waals surface area contributed by atoms with E-state index in [1.54, 1.807) is 24.3 Å². The van der Waals surface area contributed by atoms with E-state index >= 15 is 0 Å². The van der Waals surface area contributed by atoms with Crippen LogP contribution in [0.25, 0.3) is 0 Å². The van der Waals surface area contributed by atoms with Crippen LogP contribution in [0.15, 0.2) is 84.9 Å². The molecule has 1 unspecified atom stereocenters. The molecule has 4 aromatic rings. The van der Waals surface area contributed by atoms with Crippen molar-refractivity contribution in [3.63, 3.8) is 0 Å². The van der Waals surface area contributed by atoms with Gasteiger partial charge < -0.3 is 19.3 Å². The molecule has 6 amide bonds. The molecule has 9 rings (SSSR count). The fourth-order valence-corrected chi connectivity index (χ4v) is 8.81. The largest absolute Gasteiger partial charge is 0.489 e. The van der Waals surface area contributed by atoms with Gasteiger partial charge in [0.05, 0.1) is 13.1 Å². The minimum absolute atomic E-state index is 0.213. The molecule has 0 aromatic heterocycles. The summed E-state index contributed by atoms with van der Waals surface area (Å²) in [5.74, 6) is -0.668. The Hall–Kier alpha value is -6.38. The van der Waals surface area contributed by atoms with Crippen LogP contribution in [0, 0.1) is 0 Å². The molecule has 0 bridgehead atoms. The number of amides is 6. The lowest BCUT2D eigenvalue weighted by Gasteiger charge is -2.34. The number of hydrogen-bond acceptors (Lipinski definition) is 10. The van der Waals surface area contributed by atoms with Crippen molar-refractivity contribution in [2.24, 2.45) is 0 Å². The van der Waals surface area contributed by atoms with Gasteiger partial charge in [0.1, 0.15) is 36.8 Å². The summed E-state index contributed by atoms with van der Waals surface area (Å²) in [5.41, 5.74) is 7.09. The maximum absolute atomic E-state index is 13.2. The van der Waals surface area contributed by atoms with E-state index < -0.39 is 23.9 Å². The monoisotopic (exact) mass is 810 g/mol. The molecule has 0 aliphatic carbocycles. The summed E-state index contributed by atoms with van der Waals surface area (Å²) in [4.78, 5) is 82.6. The highest BCUT2D eigenvalue weighted by Gasteiger charge is 2.41. The zero-order valence-electron chi connectivity index (χ0n) is 33.2. The first-order valence-electron chi connectivity index (χ1n) is 20.6. The van der Waals surface area contributed by atoms with Crippen molar-refractivity contribution in [3.05, 3.63) is 129 Å². The summed E-state index contributed by atoms with van der Waals surface area (Å²) in [6.07, 6.45) is 1.06. The van der Waals surface area contributed by atoms with Crippen molar-refractivity contribution in [2.45, 2.75) is 77.2 Å². The summed E-state index contributed by atoms with van der Waals surface area (Å²) in [6, 6.07) is 26.3. The van der Waals surface area contributed by atoms with Crippen molar-refractivity contribution in [3.8, 4) is 11.5 Å². The Balaban J connectivity index is 0.713. The molecule has 308 valence electrons. The average Bonchev–Trinajstić information content (AvgIpc) is 3.77. The van der Waals surface area contributed by atoms with Crippen LogP contribution in [0.3, 0.4) is 0 Å². The number of benzene rings is 4. The van der Waals surface area contributed by atoms with Gasteiger partial charge in [-0.3, -0.25) is 49.2 Å². The molecule has 5 aliphatic rings. The van der Waals surface area contributed by atoms with Crippen LogP contribution >= 0.6 is 0 Å². The number of piperazine rings is 1. The molecule has 0 saturated carbocycles. The molecule has 60 heavy (non-hydrogen) atoms. The van der Waals surface area contributed by atoms with Crippen LogP contribution < -0.4 is 20.1 Å². The highest BCUT2D eigenvalue weighted by Crippen LogP contribution is 2.35. The fraction of sp³-hybridized carbons (Fsp3) is 0.348. The van der Waals surface area contributed by atoms with Crippen molar-refractivity contribution in [1.82, 2.24) is 30.2 Å². The Morgan fingerprint density at radius 1 is 0.500 bits per heavy atom. The highest BCUT2D eigenvalue weighted by atomic mass is 16.5. The van der Waals surface area contributed by atoms with E-state index in [1.807, 2.05) is 12.1 Å². The van der Waals surface area contributed by atoms with Crippen LogP contribution in [0.5, 0.6) is 11.5 Å². The molecule has 3 saturated heterocycles. The molecule has 2 atom stereocenters. The second kappa shape index (κ2) is 16.7. The third-order valence-electron chi connectivity index (χ3n) is 12.2. The zero-order valence-corrected chi connectivity index (χ0v) is 33.2. The van der Waals surface area contributed by atoms with Crippen LogP contribution in [0.4, 0.5) is 0 Å². The van der Waals surface area contributed by atoms with Gasteiger partial charge in [-0.15, -0.1) is 0 Å². The van der Waals surface area contributed by atoms with Gasteiger partial charge in [0.2, 0.25) is 23.6 Å². The summed E-state index contributed by atoms with van der Waals surface area (Å²) in [7, 11) is 0. The molecule has 14 heteroatoms. The van der Waals surface area contributed by atoms with Crippen LogP contribution in [-0.2, 0) is 58.6 Å². The van der Waals surface area contributed by atoms with Crippen molar-refractivity contribution in [2.75, 3.05) is 26.2 Å². The van der Waals surface area contributed by atoms with Gasteiger partial charge in [-0.05, 0) is 59.4 Å². The molecule has 0 radical (unpaired) electrons. The van der Waals surface area contributed by atoms with Crippen molar-refractivity contribution >= 4 is 35.4 Å². The maximum Gasteiger partial charge on any atom is 0.255 e. The first-order valence-corrected chi connectivity index (χ1v) is 20.6. The van der Waals surface area contributed by atoms with Gasteiger partial charge in [-0.25, -0.2) is 0 Å². The number of hydrogen-bond donors (Lipinski definition) is 2. The molecular formula is C46H46N6O8. The second-order valence-corrected chi connectivity index (χ2v) is 16.1. The van der Waals surface area contributed by atoms with E-state index in [0.29, 0.717) is 48.7 Å². The van der Waals surface area contributed by atoms with E-state index in [9.17, 15) is 28.8 Å². The Morgan fingerprint density at radius 2 is 0.883 bits per heavy atom. The highest BCUT2D eigenvalue weighted by molar-refractivity contribution is 6.06. The summed E-state index contributed by atoms with van der Waals surface area (Å²) in [6.45, 7) is 6.83. The smallest absolute Gasteiger partial charge is 0.255 e. The molecule has 5 heterocycles. The number of nitrogens with zero attached hydrogens (tertiary/aromatic N) is 4. The van der Waals surface area contributed by atoms with Gasteiger partial charge in [-0.2, -0.15) is 0 Å². The lowest BCUT2D eigenvalue weighted by atomic mass is 10.0. The molecule has 14 nitrogen and oxygen atoms in total. The summed E-state index contributed by atoms with van der Waals surface area (Å²) < 4.78 is 12.4. The van der Waals surface area contributed by atoms with Crippen LogP contribution in [0.1, 0.15) is 79.8 Å². The average molecular weight is 811 g/mol. The molecule has 5 aliphatic heterocycles. The number of carbonyl (C=O) groups is 6. The van der Waals surface area contributed by atoms with E-state index in [4.69, 9.17) is 9.47 Å². The third kappa shape index (κ3) is 8.12. The minimum Gasteiger partial charge on any atom is -0.489 e. The molecular weight excluding hydrogens is 765 g/mol. The number of ether oxygens (including phenoxy) is 2. The third-order valence-corrected chi connectivity index (χ3v) is 12.2. The number of carbonyl (C=O) groups excluding carboxylic acids is 6. The maximum atomic E-state index is 13.2. The normalized spacial score (nSPS) is 20.9. The molecule has 2 N–H and O–H groups in total. The molecule has 0 spiro atoms. The first kappa shape index (κ1) is 39.1. The van der Waals surface area contributed by atoms with E-state index in [1.165, 1.54) is 20.9 Å². The van der Waals surface area contributed by atoms with Crippen LogP contribution in [-0.4, -0.2) is 93.3 Å². The van der Waals surface area contributed by atoms with Crippen LogP contribution in [0.2, 0.25) is 0 Å². The zero-order chi connectivity index (χ0) is 41.3. The number of piperidine rings is 2. The number of imide groups is 2. The molecule has 3 fully saturated rings. The SMILES string of the molecule is O=C1CCC(N2Cc3c(OCc4ccc(CN5CCN(Cc6ccc(COc7cccc8c7CN([C@H]7CCC(=O)NC7=O)C8=O)cc6)CC5)cc4)cccc3C2=O)C(=O)N1. The number of fused-ring (bicyclic) bond motifs is 2. The topological polar surface area (TPSA) is 158 Å². The van der Waals surface area contributed by atoms with E-state index in [-0.39, 0.29) is 49.6 Å². The standard InChI is InChI=1S/C46H46N6O8/c53-41-17-15-37(43(55)47-41)51-25-35-33(45(51)57)3-1-5-39(35)59-27-31-11-7-29(8-12-31)23-49-19-21-50(22-20-49)24-30-9-13-32(14-10-30)28-60-40-6-2-4-34-36(40)26-52(46(34)58)38-16-18-42(54)48-44(38)56/h1-14,37-38H,15-28H2,(H,47,53,55)(H,48,54,56)/t37-,38?/m0/s1. The molecule has 4 aromatic carbocycles. The predicted molar refractivity (Wildman–Crippen MR) is 217 cm³/mol. The Labute approximate surface area is 347 Å². The Kier molecular flexibility index (Phi) is 10.9. The quantitative estimate of drug-likeness (QED) is 0.203. The number of nitrogens with one attached hydrogen (secondary N) is 2. The van der Waals surface area contributed by atoms with E-state index in [0.717, 1.165) is 61.5 Å². The number of rotatable bonds is 12. The lowest BCUT2D eigenvalue weighted by molar-refractivity contribution is -0.138. The van der Waals surface area contributed by atoms with E-state index in [2.05, 4.69) is 69.0 Å². The van der Waals surface area contributed by atoms with Gasteiger partial charge in [0, 0.05) is 74.4 Å². The second-order valence-electron chi connectivity index (χ2n) is 16.1. The Morgan fingerprint density at radius 3 is 1.27 bits per heavy atom. The van der Waals surface area contributed by atoms with Crippen molar-refractivity contribution < 1.29 is 38.2 Å². The lowest BCUT2D eigenvalue weighted by Crippen LogP contribution is -2.52. The van der Waals surface area contributed by atoms with Gasteiger partial charge in [0.15, 0.2) is 0 Å². The van der Waals surface area contributed by atoms with Gasteiger partial charge >= 0.3 is 0 Å². The summed E-state index contributed by atoms with van der Waals surface area (Å²) in [5, 5.41) is 4.70. The Bertz CT molecular complexity index is 2190.